The van der Waals surface area contributed by atoms with E-state index in [1.54, 1.807) is 18.8 Å². The Morgan fingerprint density at radius 2 is 2.25 bits per heavy atom. The van der Waals surface area contributed by atoms with E-state index < -0.39 is 6.10 Å². The number of anilines is 1. The number of aliphatic hydroxyl groups excluding tert-OH is 1. The fourth-order valence-corrected chi connectivity index (χ4v) is 2.59. The molecule has 0 saturated heterocycles. The van der Waals surface area contributed by atoms with Gasteiger partial charge in [0.2, 0.25) is 0 Å². The highest BCUT2D eigenvalue weighted by Gasteiger charge is 2.33. The van der Waals surface area contributed by atoms with Gasteiger partial charge in [0.15, 0.2) is 6.10 Å². The molecule has 1 unspecified atom stereocenters. The number of hydrogen-bond acceptors (Lipinski definition) is 3. The molecule has 0 aliphatic carbocycles. The summed E-state index contributed by atoms with van der Waals surface area (Å²) in [6.45, 7) is 2.14. The Morgan fingerprint density at radius 3 is 2.94 bits per heavy atom. The van der Waals surface area contributed by atoms with Crippen LogP contribution in [0.25, 0.3) is 0 Å². The normalized spacial score (nSPS) is 19.1. The lowest BCUT2D eigenvalue weighted by Gasteiger charge is -2.10. The third kappa shape index (κ3) is 1.83. The van der Waals surface area contributed by atoms with Crippen molar-refractivity contribution >= 4 is 23.4 Å². The Balaban J connectivity index is 2.30. The van der Waals surface area contributed by atoms with Crippen molar-refractivity contribution in [1.82, 2.24) is 0 Å². The van der Waals surface area contributed by atoms with Crippen molar-refractivity contribution in [2.75, 3.05) is 17.7 Å². The molecule has 1 heterocycles. The summed E-state index contributed by atoms with van der Waals surface area (Å²) in [4.78, 5) is 14.2. The van der Waals surface area contributed by atoms with E-state index in [2.05, 4.69) is 6.92 Å². The molecule has 1 aromatic rings. The predicted molar refractivity (Wildman–Crippen MR) is 65.8 cm³/mol. The van der Waals surface area contributed by atoms with Crippen LogP contribution in [0, 0.1) is 0 Å². The molecule has 0 radical (unpaired) electrons. The van der Waals surface area contributed by atoms with Gasteiger partial charge >= 0.3 is 0 Å². The van der Waals surface area contributed by atoms with Crippen LogP contribution >= 0.6 is 11.8 Å². The molecule has 0 fully saturated rings. The van der Waals surface area contributed by atoms with Gasteiger partial charge in [0.05, 0.1) is 5.69 Å². The van der Waals surface area contributed by atoms with Gasteiger partial charge in [0.25, 0.3) is 5.91 Å². The van der Waals surface area contributed by atoms with Crippen LogP contribution in [-0.2, 0) is 4.79 Å². The average Bonchev–Trinajstić information content (AvgIpc) is 2.52. The number of carbonyl (C=O) groups is 1. The van der Waals surface area contributed by atoms with Crippen molar-refractivity contribution in [2.24, 2.45) is 0 Å². The molecule has 0 bridgehead atoms. The van der Waals surface area contributed by atoms with Crippen LogP contribution in [0.5, 0.6) is 0 Å². The first-order valence-corrected chi connectivity index (χ1v) is 6.36. The van der Waals surface area contributed by atoms with E-state index in [1.807, 2.05) is 18.2 Å². The van der Waals surface area contributed by atoms with E-state index in [9.17, 15) is 9.90 Å². The van der Waals surface area contributed by atoms with Crippen molar-refractivity contribution in [3.8, 4) is 0 Å². The van der Waals surface area contributed by atoms with Crippen LogP contribution in [-0.4, -0.2) is 23.8 Å². The predicted octanol–water partition coefficient (Wildman–Crippen LogP) is 2.20. The summed E-state index contributed by atoms with van der Waals surface area (Å²) >= 11 is 1.77. The number of thioether (sulfide) groups is 1. The molecule has 1 atom stereocenters. The molecule has 4 heteroatoms. The number of fused-ring (bicyclic) bond motifs is 1. The molecule has 3 nitrogen and oxygen atoms in total. The smallest absolute Gasteiger partial charge is 0.260 e. The molecule has 1 aliphatic heterocycles. The molecule has 1 aliphatic rings. The molecule has 1 N–H and O–H groups in total. The number of benzene rings is 1. The van der Waals surface area contributed by atoms with Crippen molar-refractivity contribution in [3.05, 3.63) is 23.8 Å². The van der Waals surface area contributed by atoms with Crippen LogP contribution in [0.2, 0.25) is 0 Å². The fraction of sp³-hybridized carbons (Fsp3) is 0.417. The fourth-order valence-electron chi connectivity index (χ4n) is 1.79. The summed E-state index contributed by atoms with van der Waals surface area (Å²) in [6.07, 6.45) is 0.143. The van der Waals surface area contributed by atoms with Gasteiger partial charge in [-0.2, -0.15) is 0 Å². The first-order valence-electron chi connectivity index (χ1n) is 5.37. The number of nitrogens with zero attached hydrogens (tertiary/aromatic N) is 1. The van der Waals surface area contributed by atoms with E-state index >= 15 is 0 Å². The largest absolute Gasteiger partial charge is 0.378 e. The summed E-state index contributed by atoms with van der Waals surface area (Å²) in [5.74, 6) is 0.826. The molecular weight excluding hydrogens is 222 g/mol. The molecule has 0 saturated carbocycles. The van der Waals surface area contributed by atoms with Crippen molar-refractivity contribution in [1.29, 1.82) is 0 Å². The highest BCUT2D eigenvalue weighted by Crippen LogP contribution is 2.37. The monoisotopic (exact) mass is 237 g/mol. The number of carbonyl (C=O) groups excluding carboxylic acids is 1. The third-order valence-electron chi connectivity index (χ3n) is 2.70. The molecule has 1 amide bonds. The summed E-state index contributed by atoms with van der Waals surface area (Å²) in [7, 11) is 1.70. The Hall–Kier alpha value is -1.00. The van der Waals surface area contributed by atoms with Crippen molar-refractivity contribution < 1.29 is 9.90 Å². The van der Waals surface area contributed by atoms with Gasteiger partial charge in [0.1, 0.15) is 0 Å². The highest BCUT2D eigenvalue weighted by atomic mass is 32.2. The maximum absolute atomic E-state index is 11.6. The molecule has 0 spiro atoms. The minimum atomic E-state index is -0.981. The topological polar surface area (TPSA) is 40.5 Å². The zero-order chi connectivity index (χ0) is 11.7. The highest BCUT2D eigenvalue weighted by molar-refractivity contribution is 7.99. The summed E-state index contributed by atoms with van der Waals surface area (Å²) in [6, 6.07) is 5.79. The lowest BCUT2D eigenvalue weighted by Crippen LogP contribution is -2.23. The van der Waals surface area contributed by atoms with Gasteiger partial charge in [-0.25, -0.2) is 0 Å². The van der Waals surface area contributed by atoms with E-state index in [0.717, 1.165) is 22.8 Å². The lowest BCUT2D eigenvalue weighted by molar-refractivity contribution is -0.125. The third-order valence-corrected chi connectivity index (χ3v) is 3.89. The molecule has 86 valence electrons. The van der Waals surface area contributed by atoms with Crippen molar-refractivity contribution in [3.63, 3.8) is 0 Å². The quantitative estimate of drug-likeness (QED) is 0.819. The van der Waals surface area contributed by atoms with Crippen LogP contribution in [0.3, 0.4) is 0 Å². The Bertz CT molecular complexity index is 419. The summed E-state index contributed by atoms with van der Waals surface area (Å²) in [5, 5.41) is 9.69. The van der Waals surface area contributed by atoms with Crippen molar-refractivity contribution in [2.45, 2.75) is 24.3 Å². The second-order valence-electron chi connectivity index (χ2n) is 3.87. The lowest BCUT2D eigenvalue weighted by atomic mass is 10.1. The number of amides is 1. The first-order chi connectivity index (χ1) is 7.65. The minimum absolute atomic E-state index is 0.243. The van der Waals surface area contributed by atoms with Gasteiger partial charge in [-0.05, 0) is 24.3 Å². The van der Waals surface area contributed by atoms with Gasteiger partial charge in [-0.3, -0.25) is 4.79 Å². The molecule has 2 rings (SSSR count). The Morgan fingerprint density at radius 1 is 1.50 bits per heavy atom. The van der Waals surface area contributed by atoms with Crippen LogP contribution < -0.4 is 4.90 Å². The number of hydrogen-bond donors (Lipinski definition) is 1. The van der Waals surface area contributed by atoms with Gasteiger partial charge < -0.3 is 10.0 Å². The van der Waals surface area contributed by atoms with Crippen LogP contribution in [0.4, 0.5) is 5.69 Å². The second kappa shape index (κ2) is 4.47. The number of likely N-dealkylation sites (N-methyl/N-ethyl adjacent to an activating group) is 1. The standard InChI is InChI=1S/C12H15NO2S/c1-3-6-16-8-4-5-9-10(7-8)13(2)12(15)11(9)14/h4-5,7,11,14H,3,6H2,1-2H3. The SMILES string of the molecule is CCCSc1ccc2c(c1)N(C)C(=O)C2O. The van der Waals surface area contributed by atoms with Gasteiger partial charge in [-0.1, -0.05) is 13.0 Å². The van der Waals surface area contributed by atoms with Crippen LogP contribution in [0.1, 0.15) is 25.0 Å². The molecule has 16 heavy (non-hydrogen) atoms. The maximum atomic E-state index is 11.6. The average molecular weight is 237 g/mol. The number of rotatable bonds is 3. The van der Waals surface area contributed by atoms with Crippen LogP contribution in [0.15, 0.2) is 23.1 Å². The summed E-state index contributed by atoms with van der Waals surface area (Å²) < 4.78 is 0. The molecule has 1 aromatic carbocycles. The Kier molecular flexibility index (Phi) is 3.21. The zero-order valence-corrected chi connectivity index (χ0v) is 10.3. The first kappa shape index (κ1) is 11.5. The van der Waals surface area contributed by atoms with E-state index in [4.69, 9.17) is 0 Å². The van der Waals surface area contributed by atoms with E-state index in [0.29, 0.717) is 5.56 Å². The van der Waals surface area contributed by atoms with Gasteiger partial charge in [0, 0.05) is 17.5 Å². The Labute approximate surface area is 99.5 Å². The molecule has 0 aromatic heterocycles. The summed E-state index contributed by atoms with van der Waals surface area (Å²) in [5.41, 5.74) is 1.55. The van der Waals surface area contributed by atoms with E-state index in [-0.39, 0.29) is 5.91 Å². The van der Waals surface area contributed by atoms with Gasteiger partial charge in [-0.15, -0.1) is 11.8 Å². The van der Waals surface area contributed by atoms with E-state index in [1.165, 1.54) is 4.90 Å². The second-order valence-corrected chi connectivity index (χ2v) is 5.04. The zero-order valence-electron chi connectivity index (χ0n) is 9.43. The maximum Gasteiger partial charge on any atom is 0.260 e. The molecular formula is C12H15NO2S. The minimum Gasteiger partial charge on any atom is -0.378 e. The number of aliphatic hydroxyl groups is 1.